The molecule has 0 bridgehead atoms. The van der Waals surface area contributed by atoms with Gasteiger partial charge < -0.3 is 19.5 Å². The second kappa shape index (κ2) is 9.41. The summed E-state index contributed by atoms with van der Waals surface area (Å²) in [7, 11) is 0.487. The lowest BCUT2D eigenvalue weighted by molar-refractivity contribution is -0.119. The van der Waals surface area contributed by atoms with E-state index in [1.165, 1.54) is 21.3 Å². The van der Waals surface area contributed by atoms with Crippen molar-refractivity contribution in [3.63, 3.8) is 0 Å². The molecule has 0 saturated carbocycles. The van der Waals surface area contributed by atoms with Gasteiger partial charge in [0.25, 0.3) is 10.0 Å². The van der Waals surface area contributed by atoms with Crippen molar-refractivity contribution in [2.45, 2.75) is 18.3 Å². The fourth-order valence-corrected chi connectivity index (χ4v) is 4.96. The first-order valence-corrected chi connectivity index (χ1v) is 11.0. The largest absolute Gasteiger partial charge is 0.493 e. The van der Waals surface area contributed by atoms with Crippen LogP contribution >= 0.6 is 0 Å². The molecule has 3 atom stereocenters. The Morgan fingerprint density at radius 3 is 2.10 bits per heavy atom. The lowest BCUT2D eigenvalue weighted by atomic mass is 10.0. The van der Waals surface area contributed by atoms with Crippen molar-refractivity contribution in [3.8, 4) is 17.2 Å². The van der Waals surface area contributed by atoms with Gasteiger partial charge in [0.05, 0.1) is 27.2 Å². The van der Waals surface area contributed by atoms with Crippen LogP contribution in [0.5, 0.6) is 17.2 Å². The molecule has 10 nitrogen and oxygen atoms in total. The number of anilines is 2. The zero-order valence-electron chi connectivity index (χ0n) is 17.6. The van der Waals surface area contributed by atoms with Gasteiger partial charge in [-0.25, -0.2) is 13.8 Å². The Morgan fingerprint density at radius 1 is 0.935 bits per heavy atom. The predicted octanol–water partition coefficient (Wildman–Crippen LogP) is 1.53. The van der Waals surface area contributed by atoms with Crippen molar-refractivity contribution in [1.29, 1.82) is 0 Å². The van der Waals surface area contributed by atoms with Crippen molar-refractivity contribution >= 4 is 27.3 Å². The normalized spacial score (nSPS) is 20.7. The topological polar surface area (TPSA) is 127 Å². The summed E-state index contributed by atoms with van der Waals surface area (Å²) in [5.41, 5.74) is 6.35. The molecule has 1 amide bonds. The molecule has 2 aromatic carbocycles. The number of hydrogen-bond acceptors (Lipinski definition) is 8. The molecule has 0 aliphatic carbocycles. The van der Waals surface area contributed by atoms with Gasteiger partial charge in [-0.3, -0.25) is 14.9 Å². The van der Waals surface area contributed by atoms with Crippen LogP contribution in [0.3, 0.4) is 0 Å². The number of hydrazine groups is 1. The molecule has 11 heteroatoms. The predicted molar refractivity (Wildman–Crippen MR) is 117 cm³/mol. The highest BCUT2D eigenvalue weighted by molar-refractivity contribution is 7.93. The summed E-state index contributed by atoms with van der Waals surface area (Å²) in [5, 5.41) is 1.56. The highest BCUT2D eigenvalue weighted by atomic mass is 32.2. The Morgan fingerprint density at radius 2 is 1.55 bits per heavy atom. The molecule has 2 aromatic rings. The van der Waals surface area contributed by atoms with E-state index in [1.54, 1.807) is 49.4 Å². The van der Waals surface area contributed by atoms with Gasteiger partial charge >= 0.3 is 0 Å². The van der Waals surface area contributed by atoms with Crippen molar-refractivity contribution in [2.24, 2.45) is 5.92 Å². The van der Waals surface area contributed by atoms with Crippen molar-refractivity contribution in [3.05, 3.63) is 42.5 Å². The molecule has 31 heavy (non-hydrogen) atoms. The molecule has 0 radical (unpaired) electrons. The van der Waals surface area contributed by atoms with E-state index >= 15 is 0 Å². The Bertz CT molecular complexity index is 1010. The molecular formula is C20H26N4O6S. The fourth-order valence-electron chi connectivity index (χ4n) is 3.40. The Labute approximate surface area is 181 Å². The number of para-hydroxylation sites is 1. The molecule has 0 spiro atoms. The maximum atomic E-state index is 13.1. The third-order valence-corrected chi connectivity index (χ3v) is 6.52. The van der Waals surface area contributed by atoms with E-state index in [0.717, 1.165) is 0 Å². The van der Waals surface area contributed by atoms with Crippen LogP contribution in [-0.2, 0) is 14.8 Å². The third kappa shape index (κ3) is 4.84. The first-order chi connectivity index (χ1) is 14.8. The van der Waals surface area contributed by atoms with E-state index in [9.17, 15) is 13.2 Å². The molecule has 1 aliphatic heterocycles. The summed E-state index contributed by atoms with van der Waals surface area (Å²) < 4.78 is 44.3. The number of rotatable bonds is 8. The quantitative estimate of drug-likeness (QED) is 0.477. The van der Waals surface area contributed by atoms with Crippen LogP contribution in [0.25, 0.3) is 0 Å². The molecular weight excluding hydrogens is 424 g/mol. The minimum Gasteiger partial charge on any atom is -0.493 e. The molecule has 3 unspecified atom stereocenters. The number of nitrogens with one attached hydrogen (secondary N) is 4. The van der Waals surface area contributed by atoms with E-state index < -0.39 is 33.3 Å². The number of amides is 1. The zero-order chi connectivity index (χ0) is 22.6. The van der Waals surface area contributed by atoms with E-state index in [2.05, 4.69) is 20.9 Å². The number of carbonyl (C=O) groups excluding carboxylic acids is 1. The minimum atomic E-state index is -3.92. The summed E-state index contributed by atoms with van der Waals surface area (Å²) in [6.45, 7) is 1.73. The van der Waals surface area contributed by atoms with Gasteiger partial charge in [0.1, 0.15) is 0 Å². The lowest BCUT2D eigenvalue weighted by Crippen LogP contribution is -2.45. The summed E-state index contributed by atoms with van der Waals surface area (Å²) in [6, 6.07) is 11.2. The van der Waals surface area contributed by atoms with Gasteiger partial charge in [-0.1, -0.05) is 18.2 Å². The number of benzene rings is 2. The average molecular weight is 451 g/mol. The van der Waals surface area contributed by atoms with E-state index in [0.29, 0.717) is 28.6 Å². The van der Waals surface area contributed by atoms with Crippen molar-refractivity contribution < 1.29 is 27.4 Å². The molecule has 1 aliphatic rings. The minimum absolute atomic E-state index is 0.364. The van der Waals surface area contributed by atoms with Gasteiger partial charge in [0, 0.05) is 29.5 Å². The fraction of sp³-hybridized carbons (Fsp3) is 0.350. The molecule has 1 saturated heterocycles. The molecule has 4 N–H and O–H groups in total. The second-order valence-corrected chi connectivity index (χ2v) is 8.74. The van der Waals surface area contributed by atoms with E-state index in [-0.39, 0.29) is 0 Å². The lowest BCUT2D eigenvalue weighted by Gasteiger charge is -2.22. The van der Waals surface area contributed by atoms with Crippen molar-refractivity contribution in [1.82, 2.24) is 10.9 Å². The molecule has 1 fully saturated rings. The summed E-state index contributed by atoms with van der Waals surface area (Å²) in [6.07, 6.45) is 0. The van der Waals surface area contributed by atoms with Gasteiger partial charge in [-0.2, -0.15) is 0 Å². The highest BCUT2D eigenvalue weighted by Crippen LogP contribution is 2.40. The molecule has 1 heterocycles. The van der Waals surface area contributed by atoms with Crippen LogP contribution < -0.4 is 35.1 Å². The first-order valence-electron chi connectivity index (χ1n) is 9.49. The SMILES string of the molecule is COc1cc(NC(=O)C2C(C)NNC2S(=O)(=O)Nc2ccccc2)cc(OC)c1OC. The van der Waals surface area contributed by atoms with Gasteiger partial charge in [0.15, 0.2) is 16.9 Å². The van der Waals surface area contributed by atoms with Crippen molar-refractivity contribution in [2.75, 3.05) is 31.4 Å². The maximum absolute atomic E-state index is 13.1. The van der Waals surface area contributed by atoms with Crippen LogP contribution in [0.15, 0.2) is 42.5 Å². The Hall–Kier alpha value is -3.02. The number of methoxy groups -OCH3 is 3. The number of ether oxygens (including phenoxy) is 3. The zero-order valence-corrected chi connectivity index (χ0v) is 18.4. The van der Waals surface area contributed by atoms with Crippen LogP contribution in [0.1, 0.15) is 6.92 Å². The summed E-state index contributed by atoms with van der Waals surface area (Å²) in [4.78, 5) is 13.1. The Balaban J connectivity index is 1.84. The van der Waals surface area contributed by atoms with Crippen LogP contribution in [-0.4, -0.2) is 47.1 Å². The summed E-state index contributed by atoms with van der Waals surface area (Å²) >= 11 is 0. The van der Waals surface area contributed by atoms with Gasteiger partial charge in [-0.05, 0) is 19.1 Å². The first kappa shape index (κ1) is 22.7. The van der Waals surface area contributed by atoms with Gasteiger partial charge in [-0.15, -0.1) is 0 Å². The molecule has 0 aromatic heterocycles. The van der Waals surface area contributed by atoms with Crippen LogP contribution in [0.2, 0.25) is 0 Å². The second-order valence-electron chi connectivity index (χ2n) is 6.94. The Kier molecular flexibility index (Phi) is 6.88. The van der Waals surface area contributed by atoms with Crippen LogP contribution in [0.4, 0.5) is 11.4 Å². The number of sulfonamides is 1. The highest BCUT2D eigenvalue weighted by Gasteiger charge is 2.46. The number of carbonyl (C=O) groups is 1. The average Bonchev–Trinajstić information content (AvgIpc) is 3.16. The third-order valence-electron chi connectivity index (χ3n) is 4.92. The molecule has 3 rings (SSSR count). The smallest absolute Gasteiger partial charge is 0.250 e. The summed E-state index contributed by atoms with van der Waals surface area (Å²) in [5.74, 6) is -0.290. The van der Waals surface area contributed by atoms with Gasteiger partial charge in [0.2, 0.25) is 11.7 Å². The monoisotopic (exact) mass is 450 g/mol. The van der Waals surface area contributed by atoms with E-state index in [1.807, 2.05) is 0 Å². The van der Waals surface area contributed by atoms with E-state index in [4.69, 9.17) is 14.2 Å². The van der Waals surface area contributed by atoms with Crippen LogP contribution in [0, 0.1) is 5.92 Å². The molecule has 168 valence electrons. The number of hydrogen-bond donors (Lipinski definition) is 4. The standard InChI is InChI=1S/C20H26N4O6S/c1-12-17(20(23-22-12)31(26,27)24-13-8-6-5-7-9-13)19(25)21-14-10-15(28-2)18(30-4)16(11-14)29-3/h5-12,17,20,22-24H,1-4H3,(H,21,25). The maximum Gasteiger partial charge on any atom is 0.250 e.